The number of hydrogen-bond acceptors (Lipinski definition) is 4. The van der Waals surface area contributed by atoms with E-state index in [1.807, 2.05) is 65.6 Å². The molecule has 0 N–H and O–H groups in total. The molecule has 200 valence electrons. The molecule has 4 aromatic carbocycles. The fourth-order valence-electron chi connectivity index (χ4n) is 5.90. The van der Waals surface area contributed by atoms with Gasteiger partial charge in [-0.2, -0.15) is 0 Å². The van der Waals surface area contributed by atoms with Crippen LogP contribution < -0.4 is 4.74 Å². The molecule has 42 heavy (non-hydrogen) atoms. The number of fused-ring (bicyclic) bond motifs is 12. The first-order valence-corrected chi connectivity index (χ1v) is 13.4. The van der Waals surface area contributed by atoms with Crippen molar-refractivity contribution in [3.05, 3.63) is 128 Å². The average Bonchev–Trinajstić information content (AvgIpc) is 3.73. The Morgan fingerprint density at radius 2 is 1.24 bits per heavy atom. The summed E-state index contributed by atoms with van der Waals surface area (Å²) >= 11 is 0. The van der Waals surface area contributed by atoms with Crippen LogP contribution in [0.4, 0.5) is 0 Å². The summed E-state index contributed by atoms with van der Waals surface area (Å²) in [4.78, 5) is 13.9. The van der Waals surface area contributed by atoms with Gasteiger partial charge in [-0.1, -0.05) is 88.3 Å². The maximum atomic E-state index is 6.36. The topological polar surface area (TPSA) is 56.7 Å². The second kappa shape index (κ2) is 9.50. The Morgan fingerprint density at radius 3 is 2.00 bits per heavy atom. The number of rotatable bonds is 3. The summed E-state index contributed by atoms with van der Waals surface area (Å²) in [5, 5.41) is 4.94. The van der Waals surface area contributed by atoms with Crippen LogP contribution in [0.1, 0.15) is 0 Å². The second-order valence-electron chi connectivity index (χ2n) is 10.0. The van der Waals surface area contributed by atoms with E-state index in [0.717, 1.165) is 60.3 Å². The monoisotopic (exact) mass is 720 g/mol. The molecule has 7 heteroatoms. The molecule has 0 radical (unpaired) electrons. The average molecular weight is 721 g/mol. The van der Waals surface area contributed by atoms with Crippen LogP contribution in [0.2, 0.25) is 0 Å². The third-order valence-electron chi connectivity index (χ3n) is 7.74. The zero-order chi connectivity index (χ0) is 26.9. The molecule has 0 bridgehead atoms. The number of ether oxygens (including phenoxy) is 1. The molecule has 0 aliphatic carbocycles. The third kappa shape index (κ3) is 3.65. The summed E-state index contributed by atoms with van der Waals surface area (Å²) in [6.07, 6.45) is 9.36. The van der Waals surface area contributed by atoms with Gasteiger partial charge >= 0.3 is 21.1 Å². The Hall–Kier alpha value is -5.06. The van der Waals surface area contributed by atoms with Crippen molar-refractivity contribution in [1.29, 1.82) is 0 Å². The molecule has 5 aromatic heterocycles. The van der Waals surface area contributed by atoms with E-state index in [0.29, 0.717) is 11.5 Å². The minimum Gasteiger partial charge on any atom is -0.497 e. The summed E-state index contributed by atoms with van der Waals surface area (Å²) < 4.78 is 10.5. The summed E-state index contributed by atoms with van der Waals surface area (Å²) in [5.41, 5.74) is 6.99. The molecule has 0 aliphatic rings. The molecule has 9 aromatic rings. The van der Waals surface area contributed by atoms with E-state index in [4.69, 9.17) is 4.74 Å². The number of imidazole rings is 2. The molecule has 0 aliphatic heterocycles. The fraction of sp³-hybridized carbons (Fsp3) is 0. The molecule has 6 nitrogen and oxygen atoms in total. The van der Waals surface area contributed by atoms with E-state index in [9.17, 15) is 0 Å². The number of benzene rings is 4. The number of hydrogen-bond donors (Lipinski definition) is 0. The molecule has 0 fully saturated rings. The number of pyridine rings is 3. The van der Waals surface area contributed by atoms with Crippen molar-refractivity contribution in [2.75, 3.05) is 0 Å². The zero-order valence-corrected chi connectivity index (χ0v) is 24.2. The van der Waals surface area contributed by atoms with Gasteiger partial charge in [-0.15, -0.1) is 12.1 Å². The van der Waals surface area contributed by atoms with E-state index >= 15 is 0 Å². The Kier molecular flexibility index (Phi) is 5.59. The second-order valence-corrected chi connectivity index (χ2v) is 10.0. The van der Waals surface area contributed by atoms with Gasteiger partial charge in [0, 0.05) is 48.0 Å². The van der Waals surface area contributed by atoms with Crippen LogP contribution in [0, 0.1) is 12.1 Å². The largest absolute Gasteiger partial charge is 2.00 e. The first-order chi connectivity index (χ1) is 20.3. The predicted octanol–water partition coefficient (Wildman–Crippen LogP) is 8.05. The fourth-order valence-corrected chi connectivity index (χ4v) is 5.90. The Bertz CT molecular complexity index is 2460. The molecule has 0 unspecified atom stereocenters. The Balaban J connectivity index is 0.00000267. The van der Waals surface area contributed by atoms with Crippen LogP contribution in [0.3, 0.4) is 0 Å². The van der Waals surface area contributed by atoms with E-state index < -0.39 is 0 Å². The van der Waals surface area contributed by atoms with Crippen LogP contribution in [0.5, 0.6) is 11.5 Å². The maximum Gasteiger partial charge on any atom is 2.00 e. The van der Waals surface area contributed by atoms with Gasteiger partial charge in [0.15, 0.2) is 0 Å². The molecule has 0 atom stereocenters. The Morgan fingerprint density at radius 1 is 0.548 bits per heavy atom. The van der Waals surface area contributed by atoms with Gasteiger partial charge < -0.3 is 13.5 Å². The molecule has 5 heterocycles. The van der Waals surface area contributed by atoms with Crippen molar-refractivity contribution in [2.45, 2.75) is 0 Å². The third-order valence-corrected chi connectivity index (χ3v) is 7.74. The van der Waals surface area contributed by atoms with Gasteiger partial charge in [0.1, 0.15) is 0 Å². The number of nitrogens with zero attached hydrogens (tertiary/aromatic N) is 5. The van der Waals surface area contributed by atoms with Crippen LogP contribution in [-0.4, -0.2) is 23.8 Å². The number of aromatic nitrogens is 5. The molecule has 9 rings (SSSR count). The normalized spacial score (nSPS) is 11.6. The minimum atomic E-state index is 0. The van der Waals surface area contributed by atoms with Crippen molar-refractivity contribution in [3.8, 4) is 22.6 Å². The summed E-state index contributed by atoms with van der Waals surface area (Å²) in [5.74, 6) is 1.18. The standard InChI is InChI=1S/C35H19N5O.Pt/c1-2-5-22(6-3-1)23-8-13-31-28(19-23)26-11-9-24(20-29(26)34-37-15-17-39(31)34)41-25-10-12-27-30(21-25)35-38-16-18-40(35)32-7-4-14-36-33(27)32;/h1-19H;/q-2;+2. The van der Waals surface area contributed by atoms with E-state index in [-0.39, 0.29) is 21.1 Å². The molecule has 0 spiro atoms. The van der Waals surface area contributed by atoms with Crippen molar-refractivity contribution in [1.82, 2.24) is 23.8 Å². The minimum absolute atomic E-state index is 0. The van der Waals surface area contributed by atoms with Gasteiger partial charge in [0.2, 0.25) is 0 Å². The summed E-state index contributed by atoms with van der Waals surface area (Å²) in [6, 6.07) is 35.9. The Labute approximate surface area is 254 Å². The van der Waals surface area contributed by atoms with Crippen LogP contribution in [-0.2, 0) is 21.1 Å². The molecule has 0 amide bonds. The van der Waals surface area contributed by atoms with Gasteiger partial charge in [0.25, 0.3) is 0 Å². The van der Waals surface area contributed by atoms with Gasteiger partial charge in [0.05, 0.1) is 22.3 Å². The first kappa shape index (κ1) is 24.7. The van der Waals surface area contributed by atoms with Gasteiger partial charge in [-0.05, 0) is 34.7 Å². The van der Waals surface area contributed by atoms with E-state index in [1.54, 1.807) is 6.20 Å². The molecular weight excluding hydrogens is 701 g/mol. The summed E-state index contributed by atoms with van der Waals surface area (Å²) in [6.45, 7) is 0. The van der Waals surface area contributed by atoms with E-state index in [2.05, 4.69) is 80.0 Å². The smallest absolute Gasteiger partial charge is 0.497 e. The van der Waals surface area contributed by atoms with Gasteiger partial charge in [-0.25, -0.2) is 0 Å². The predicted molar refractivity (Wildman–Crippen MR) is 161 cm³/mol. The van der Waals surface area contributed by atoms with Crippen molar-refractivity contribution >= 4 is 54.8 Å². The maximum absolute atomic E-state index is 6.36. The molecule has 0 saturated heterocycles. The quantitative estimate of drug-likeness (QED) is 0.137. The van der Waals surface area contributed by atoms with Gasteiger partial charge in [-0.3, -0.25) is 15.0 Å². The van der Waals surface area contributed by atoms with Crippen LogP contribution >= 0.6 is 0 Å². The molecule has 0 saturated carbocycles. The van der Waals surface area contributed by atoms with Crippen molar-refractivity contribution < 1.29 is 25.8 Å². The molecular formula is C35H19N5OPt. The summed E-state index contributed by atoms with van der Waals surface area (Å²) in [7, 11) is 0. The SMILES string of the molecule is [Pt+2].[c-]1c(Oc2[c-]c3c(cc2)c2ncccc2n2ccnc32)ccc2c1c1nccn1c1ccc(-c3ccccc3)cc21. The van der Waals surface area contributed by atoms with Crippen molar-refractivity contribution in [2.24, 2.45) is 0 Å². The van der Waals surface area contributed by atoms with Crippen LogP contribution in [0.15, 0.2) is 116 Å². The van der Waals surface area contributed by atoms with Crippen LogP contribution in [0.25, 0.3) is 65.9 Å². The van der Waals surface area contributed by atoms with E-state index in [1.165, 1.54) is 5.56 Å². The van der Waals surface area contributed by atoms with Crippen molar-refractivity contribution in [3.63, 3.8) is 0 Å². The first-order valence-electron chi connectivity index (χ1n) is 13.4. The zero-order valence-electron chi connectivity index (χ0n) is 21.9.